The van der Waals surface area contributed by atoms with E-state index in [1.807, 2.05) is 45.9 Å². The van der Waals surface area contributed by atoms with Gasteiger partial charge in [0.1, 0.15) is 12.4 Å². The van der Waals surface area contributed by atoms with Crippen molar-refractivity contribution in [2.75, 3.05) is 0 Å². The van der Waals surface area contributed by atoms with Crippen LogP contribution in [-0.4, -0.2) is 14.7 Å². The first-order chi connectivity index (χ1) is 11.6. The van der Waals surface area contributed by atoms with Crippen LogP contribution < -0.4 is 0 Å². The predicted octanol–water partition coefficient (Wildman–Crippen LogP) is 5.88. The van der Waals surface area contributed by atoms with E-state index in [0.29, 0.717) is 5.92 Å². The van der Waals surface area contributed by atoms with Crippen LogP contribution in [0.3, 0.4) is 0 Å². The molecular formula is C21H34N2O. The van der Waals surface area contributed by atoms with Crippen LogP contribution in [0, 0.1) is 11.3 Å². The average molecular weight is 331 g/mol. The first kappa shape index (κ1) is 20.4. The minimum Gasteiger partial charge on any atom is -0.388 e. The van der Waals surface area contributed by atoms with Crippen molar-refractivity contribution in [3.8, 4) is 0 Å². The Hall–Kier alpha value is -1.61. The molecule has 0 saturated carbocycles. The highest BCUT2D eigenvalue weighted by Gasteiger charge is 2.38. The van der Waals surface area contributed by atoms with Gasteiger partial charge in [-0.25, -0.2) is 4.98 Å². The molecule has 2 aromatic rings. The minimum atomic E-state index is -0.0289. The number of aliphatic hydroxyl groups is 1. The Morgan fingerprint density at radius 1 is 1.17 bits per heavy atom. The summed E-state index contributed by atoms with van der Waals surface area (Å²) in [5, 5.41) is 9.66. The van der Waals surface area contributed by atoms with Crippen molar-refractivity contribution in [1.82, 2.24) is 9.55 Å². The third-order valence-electron chi connectivity index (χ3n) is 4.78. The molecule has 24 heavy (non-hydrogen) atoms. The Kier molecular flexibility index (Phi) is 7.68. The standard InChI is InChI=1S/C17H22N2O.2C2H6/c1-4-12-9-10-15(17(12,2)3)19-14-8-6-5-7-13(14)18-16(19)11-20;2*1-2/h5-8,10,12,20H,4,9,11H2,1-3H3;2*1-2H3. The average Bonchev–Trinajstić information content (AvgIpc) is 3.14. The lowest BCUT2D eigenvalue weighted by atomic mass is 9.78. The second-order valence-electron chi connectivity index (χ2n) is 6.16. The highest BCUT2D eigenvalue weighted by atomic mass is 16.3. The zero-order valence-electron chi connectivity index (χ0n) is 16.4. The van der Waals surface area contributed by atoms with Gasteiger partial charge >= 0.3 is 0 Å². The highest BCUT2D eigenvalue weighted by Crippen LogP contribution is 2.48. The van der Waals surface area contributed by atoms with Gasteiger partial charge < -0.3 is 5.11 Å². The molecule has 0 radical (unpaired) electrons. The van der Waals surface area contributed by atoms with Crippen LogP contribution in [-0.2, 0) is 6.61 Å². The Labute approximate surface area is 147 Å². The third kappa shape index (κ3) is 3.56. The van der Waals surface area contributed by atoms with Crippen molar-refractivity contribution in [2.24, 2.45) is 11.3 Å². The van der Waals surface area contributed by atoms with E-state index in [0.717, 1.165) is 23.3 Å². The lowest BCUT2D eigenvalue weighted by Gasteiger charge is -2.31. The number of aliphatic hydroxyl groups excluding tert-OH is 1. The van der Waals surface area contributed by atoms with Gasteiger partial charge in [0.15, 0.2) is 0 Å². The molecule has 3 nitrogen and oxygen atoms in total. The molecule has 1 atom stereocenters. The number of nitrogens with zero attached hydrogens (tertiary/aromatic N) is 2. The van der Waals surface area contributed by atoms with Gasteiger partial charge in [-0.3, -0.25) is 4.57 Å². The van der Waals surface area contributed by atoms with Crippen molar-refractivity contribution in [3.63, 3.8) is 0 Å². The molecule has 0 fully saturated rings. The van der Waals surface area contributed by atoms with E-state index in [4.69, 9.17) is 0 Å². The number of hydrogen-bond donors (Lipinski definition) is 1. The Morgan fingerprint density at radius 2 is 1.79 bits per heavy atom. The summed E-state index contributed by atoms with van der Waals surface area (Å²) in [4.78, 5) is 4.56. The van der Waals surface area contributed by atoms with Crippen LogP contribution >= 0.6 is 0 Å². The fourth-order valence-corrected chi connectivity index (χ4v) is 3.53. The number of benzene rings is 1. The fourth-order valence-electron chi connectivity index (χ4n) is 3.53. The molecule has 0 amide bonds. The Morgan fingerprint density at radius 3 is 2.33 bits per heavy atom. The van der Waals surface area contributed by atoms with E-state index in [9.17, 15) is 5.11 Å². The van der Waals surface area contributed by atoms with E-state index < -0.39 is 0 Å². The first-order valence-electron chi connectivity index (χ1n) is 9.37. The summed E-state index contributed by atoms with van der Waals surface area (Å²) in [6, 6.07) is 8.10. The zero-order valence-corrected chi connectivity index (χ0v) is 16.4. The molecule has 0 bridgehead atoms. The second-order valence-corrected chi connectivity index (χ2v) is 6.16. The van der Waals surface area contributed by atoms with Crippen LogP contribution in [0.25, 0.3) is 16.7 Å². The van der Waals surface area contributed by atoms with E-state index in [1.165, 1.54) is 12.1 Å². The monoisotopic (exact) mass is 330 g/mol. The quantitative estimate of drug-likeness (QED) is 0.763. The number of aromatic nitrogens is 2. The first-order valence-corrected chi connectivity index (χ1v) is 9.37. The maximum Gasteiger partial charge on any atom is 0.140 e. The summed E-state index contributed by atoms with van der Waals surface area (Å²) in [5.41, 5.74) is 3.44. The summed E-state index contributed by atoms with van der Waals surface area (Å²) >= 11 is 0. The van der Waals surface area contributed by atoms with Gasteiger partial charge in [0.2, 0.25) is 0 Å². The van der Waals surface area contributed by atoms with Gasteiger partial charge in [0.25, 0.3) is 0 Å². The lowest BCUT2D eigenvalue weighted by Crippen LogP contribution is -2.23. The van der Waals surface area contributed by atoms with Crippen LogP contribution in [0.4, 0.5) is 0 Å². The number of hydrogen-bond acceptors (Lipinski definition) is 2. The predicted molar refractivity (Wildman–Crippen MR) is 105 cm³/mol. The normalized spacial score (nSPS) is 18.3. The van der Waals surface area contributed by atoms with E-state index in [1.54, 1.807) is 0 Å². The van der Waals surface area contributed by atoms with E-state index in [2.05, 4.69) is 42.5 Å². The van der Waals surface area contributed by atoms with Gasteiger partial charge in [-0.1, -0.05) is 73.1 Å². The lowest BCUT2D eigenvalue weighted by molar-refractivity contribution is 0.265. The number of imidazole rings is 1. The maximum atomic E-state index is 9.66. The molecule has 1 unspecified atom stereocenters. The highest BCUT2D eigenvalue weighted by molar-refractivity contribution is 5.81. The third-order valence-corrected chi connectivity index (χ3v) is 4.78. The van der Waals surface area contributed by atoms with Gasteiger partial charge in [0.05, 0.1) is 11.0 Å². The molecule has 3 rings (SSSR count). The maximum absolute atomic E-state index is 9.66. The largest absolute Gasteiger partial charge is 0.388 e. The molecule has 1 aliphatic carbocycles. The molecule has 1 aromatic heterocycles. The molecule has 1 heterocycles. The van der Waals surface area contributed by atoms with Crippen molar-refractivity contribution < 1.29 is 5.11 Å². The summed E-state index contributed by atoms with van der Waals surface area (Å²) < 4.78 is 2.16. The van der Waals surface area contributed by atoms with Crippen LogP contribution in [0.1, 0.15) is 67.1 Å². The number of allylic oxidation sites excluding steroid dienone is 2. The van der Waals surface area contributed by atoms with E-state index >= 15 is 0 Å². The van der Waals surface area contributed by atoms with Crippen molar-refractivity contribution in [2.45, 2.75) is 67.9 Å². The molecule has 0 saturated heterocycles. The van der Waals surface area contributed by atoms with Crippen molar-refractivity contribution in [1.29, 1.82) is 0 Å². The SMILES string of the molecule is CC.CC.CCC1CC=C(n2c(CO)nc3ccccc32)C1(C)C. The summed E-state index contributed by atoms with van der Waals surface area (Å²) in [6.45, 7) is 14.8. The Balaban J connectivity index is 0.000000671. The molecule has 3 heteroatoms. The Bertz CT molecular complexity index is 668. The smallest absolute Gasteiger partial charge is 0.140 e. The zero-order chi connectivity index (χ0) is 18.3. The fraction of sp³-hybridized carbons (Fsp3) is 0.571. The van der Waals surface area contributed by atoms with Gasteiger partial charge in [0, 0.05) is 11.1 Å². The van der Waals surface area contributed by atoms with E-state index in [-0.39, 0.29) is 12.0 Å². The van der Waals surface area contributed by atoms with Gasteiger partial charge in [-0.05, 0) is 24.5 Å². The van der Waals surface area contributed by atoms with Crippen molar-refractivity contribution >= 4 is 16.7 Å². The number of para-hydroxylation sites is 2. The van der Waals surface area contributed by atoms with Crippen LogP contribution in [0.2, 0.25) is 0 Å². The van der Waals surface area contributed by atoms with Crippen molar-refractivity contribution in [3.05, 3.63) is 36.2 Å². The van der Waals surface area contributed by atoms with Gasteiger partial charge in [-0.15, -0.1) is 0 Å². The molecule has 134 valence electrons. The molecule has 1 aromatic carbocycles. The summed E-state index contributed by atoms with van der Waals surface area (Å²) in [5.74, 6) is 1.40. The molecular weight excluding hydrogens is 296 g/mol. The molecule has 0 spiro atoms. The summed E-state index contributed by atoms with van der Waals surface area (Å²) in [7, 11) is 0. The second kappa shape index (κ2) is 9.03. The summed E-state index contributed by atoms with van der Waals surface area (Å²) in [6.07, 6.45) is 4.60. The van der Waals surface area contributed by atoms with Crippen LogP contribution in [0.5, 0.6) is 0 Å². The number of rotatable bonds is 3. The van der Waals surface area contributed by atoms with Crippen LogP contribution in [0.15, 0.2) is 30.3 Å². The van der Waals surface area contributed by atoms with Gasteiger partial charge in [-0.2, -0.15) is 0 Å². The molecule has 0 aliphatic heterocycles. The minimum absolute atomic E-state index is 0.0289. The molecule has 1 aliphatic rings. The molecule has 1 N–H and O–H groups in total. The number of fused-ring (bicyclic) bond motifs is 1. The topological polar surface area (TPSA) is 38.0 Å².